The van der Waals surface area contributed by atoms with Crippen LogP contribution in [0.5, 0.6) is 0 Å². The minimum atomic E-state index is -1.02. The number of carbonyl (C=O) groups excluding carboxylic acids is 2. The molecule has 0 aliphatic rings. The highest BCUT2D eigenvalue weighted by Gasteiger charge is 2.31. The Hall–Kier alpha value is -1.97. The van der Waals surface area contributed by atoms with Gasteiger partial charge in [0.1, 0.15) is 5.92 Å². The molecule has 2 atom stereocenters. The number of thiophene rings is 1. The van der Waals surface area contributed by atoms with Crippen molar-refractivity contribution in [1.29, 1.82) is 5.26 Å². The molecule has 4 nitrogen and oxygen atoms in total. The average molecular weight is 377 g/mol. The van der Waals surface area contributed by atoms with E-state index in [9.17, 15) is 14.9 Å². The summed E-state index contributed by atoms with van der Waals surface area (Å²) in [6.07, 6.45) is 0.0727. The Labute approximate surface area is 140 Å². The third-order valence-corrected chi connectivity index (χ3v) is 4.86. The van der Waals surface area contributed by atoms with Crippen molar-refractivity contribution in [1.82, 2.24) is 0 Å². The number of hydrogen-bond acceptors (Lipinski definition) is 4. The van der Waals surface area contributed by atoms with Crippen molar-refractivity contribution < 1.29 is 9.59 Å². The number of nitriles is 1. The van der Waals surface area contributed by atoms with Crippen LogP contribution in [-0.4, -0.2) is 11.7 Å². The van der Waals surface area contributed by atoms with E-state index in [1.165, 1.54) is 11.3 Å². The number of carbonyl (C=O) groups is 2. The first-order chi connectivity index (χ1) is 10.5. The van der Waals surface area contributed by atoms with Crippen molar-refractivity contribution in [3.8, 4) is 6.07 Å². The molecule has 2 aromatic rings. The summed E-state index contributed by atoms with van der Waals surface area (Å²) in [5, 5.41) is 11.1. The molecule has 1 aromatic heterocycles. The van der Waals surface area contributed by atoms with Crippen LogP contribution in [0.25, 0.3) is 0 Å². The van der Waals surface area contributed by atoms with E-state index >= 15 is 0 Å². The van der Waals surface area contributed by atoms with Crippen LogP contribution < -0.4 is 5.73 Å². The van der Waals surface area contributed by atoms with Gasteiger partial charge < -0.3 is 5.73 Å². The number of rotatable bonds is 6. The molecule has 2 unspecified atom stereocenters. The van der Waals surface area contributed by atoms with Crippen LogP contribution in [0.15, 0.2) is 46.3 Å². The predicted octanol–water partition coefficient (Wildman–Crippen LogP) is 3.49. The lowest BCUT2D eigenvalue weighted by atomic mass is 9.85. The highest BCUT2D eigenvalue weighted by atomic mass is 79.9. The summed E-state index contributed by atoms with van der Waals surface area (Å²) in [6, 6.07) is 12.6. The van der Waals surface area contributed by atoms with E-state index in [0.29, 0.717) is 5.56 Å². The number of hydrogen-bond donors (Lipinski definition) is 1. The maximum absolute atomic E-state index is 12.4. The second-order valence-corrected chi connectivity index (χ2v) is 6.66. The van der Waals surface area contributed by atoms with Gasteiger partial charge in [0.05, 0.1) is 6.07 Å². The lowest BCUT2D eigenvalue weighted by molar-refractivity contribution is -0.120. The van der Waals surface area contributed by atoms with Gasteiger partial charge in [0.15, 0.2) is 5.78 Å². The highest BCUT2D eigenvalue weighted by molar-refractivity contribution is 9.10. The first-order valence-corrected chi connectivity index (χ1v) is 8.21. The predicted molar refractivity (Wildman–Crippen MR) is 88.4 cm³/mol. The Morgan fingerprint density at radius 1 is 1.27 bits per heavy atom. The highest BCUT2D eigenvalue weighted by Crippen LogP contribution is 2.32. The fourth-order valence-electron chi connectivity index (χ4n) is 2.19. The Balaban J connectivity index is 2.27. The molecule has 1 aromatic carbocycles. The van der Waals surface area contributed by atoms with Crippen molar-refractivity contribution in [2.45, 2.75) is 12.3 Å². The third kappa shape index (κ3) is 3.81. The zero-order chi connectivity index (χ0) is 16.1. The molecular weight excluding hydrogens is 364 g/mol. The van der Waals surface area contributed by atoms with Crippen molar-refractivity contribution >= 4 is 39.0 Å². The zero-order valence-electron chi connectivity index (χ0n) is 11.5. The molecule has 0 radical (unpaired) electrons. The summed E-state index contributed by atoms with van der Waals surface area (Å²) >= 11 is 4.73. The molecule has 1 amide bonds. The Bertz CT molecular complexity index is 705. The van der Waals surface area contributed by atoms with E-state index in [0.717, 1.165) is 9.35 Å². The van der Waals surface area contributed by atoms with Gasteiger partial charge in [0, 0.05) is 27.3 Å². The number of benzene rings is 1. The summed E-state index contributed by atoms with van der Waals surface area (Å²) < 4.78 is 0.880. The molecule has 0 fully saturated rings. The van der Waals surface area contributed by atoms with Crippen molar-refractivity contribution in [3.05, 3.63) is 56.7 Å². The quantitative estimate of drug-likeness (QED) is 0.782. The van der Waals surface area contributed by atoms with Crippen LogP contribution >= 0.6 is 27.3 Å². The summed E-state index contributed by atoms with van der Waals surface area (Å²) in [5.41, 5.74) is 5.86. The summed E-state index contributed by atoms with van der Waals surface area (Å²) in [7, 11) is 0. The molecule has 22 heavy (non-hydrogen) atoms. The molecule has 112 valence electrons. The van der Waals surface area contributed by atoms with E-state index in [4.69, 9.17) is 5.73 Å². The number of nitrogens with zero attached hydrogens (tertiary/aromatic N) is 1. The normalized spacial score (nSPS) is 13.1. The van der Waals surface area contributed by atoms with Crippen LogP contribution in [0.3, 0.4) is 0 Å². The second kappa shape index (κ2) is 7.34. The molecule has 0 bridgehead atoms. The smallest absolute Gasteiger partial charge is 0.235 e. The molecule has 0 spiro atoms. The zero-order valence-corrected chi connectivity index (χ0v) is 13.9. The molecule has 6 heteroatoms. The van der Waals surface area contributed by atoms with Gasteiger partial charge in [0.25, 0.3) is 0 Å². The average Bonchev–Trinajstić information content (AvgIpc) is 3.01. The van der Waals surface area contributed by atoms with Gasteiger partial charge in [-0.25, -0.2) is 0 Å². The second-order valence-electron chi connectivity index (χ2n) is 4.77. The van der Waals surface area contributed by atoms with E-state index in [1.54, 1.807) is 24.3 Å². The molecule has 1 heterocycles. The van der Waals surface area contributed by atoms with Gasteiger partial charge in [-0.05, 0) is 23.6 Å². The van der Waals surface area contributed by atoms with Gasteiger partial charge in [-0.15, -0.1) is 11.3 Å². The van der Waals surface area contributed by atoms with Crippen LogP contribution in [-0.2, 0) is 4.79 Å². The SMILES string of the molecule is N#CC(C(N)=O)C(CC(=O)c1ccc(Br)cc1)c1cccs1. The maximum atomic E-state index is 12.4. The topological polar surface area (TPSA) is 83.9 Å². The van der Waals surface area contributed by atoms with Gasteiger partial charge in [0.2, 0.25) is 5.91 Å². The van der Waals surface area contributed by atoms with E-state index in [1.807, 2.05) is 23.6 Å². The van der Waals surface area contributed by atoms with Crippen molar-refractivity contribution in [3.63, 3.8) is 0 Å². The van der Waals surface area contributed by atoms with Crippen LogP contribution in [0.2, 0.25) is 0 Å². The first-order valence-electron chi connectivity index (χ1n) is 6.54. The van der Waals surface area contributed by atoms with E-state index in [-0.39, 0.29) is 12.2 Å². The van der Waals surface area contributed by atoms with Crippen LogP contribution in [0.1, 0.15) is 27.6 Å². The van der Waals surface area contributed by atoms with Gasteiger partial charge in [-0.3, -0.25) is 9.59 Å². The Kier molecular flexibility index (Phi) is 5.47. The first kappa shape index (κ1) is 16.4. The van der Waals surface area contributed by atoms with E-state index < -0.39 is 17.7 Å². The minimum absolute atomic E-state index is 0.0727. The molecule has 2 rings (SSSR count). The monoisotopic (exact) mass is 376 g/mol. The number of amides is 1. The summed E-state index contributed by atoms with van der Waals surface area (Å²) in [5.74, 6) is -2.35. The number of nitrogens with two attached hydrogens (primary N) is 1. The number of Topliss-reactive ketones (excluding diaryl/α,β-unsaturated/α-hetero) is 1. The maximum Gasteiger partial charge on any atom is 0.235 e. The Morgan fingerprint density at radius 2 is 1.95 bits per heavy atom. The summed E-state index contributed by atoms with van der Waals surface area (Å²) in [6.45, 7) is 0. The van der Waals surface area contributed by atoms with Crippen LogP contribution in [0, 0.1) is 17.2 Å². The molecule has 0 aliphatic heterocycles. The number of halogens is 1. The molecule has 0 aliphatic carbocycles. The lowest BCUT2D eigenvalue weighted by Crippen LogP contribution is -2.28. The van der Waals surface area contributed by atoms with Gasteiger partial charge in [-0.2, -0.15) is 5.26 Å². The number of primary amides is 1. The molecular formula is C16H13BrN2O2S. The Morgan fingerprint density at radius 3 is 2.45 bits per heavy atom. The van der Waals surface area contributed by atoms with Gasteiger partial charge in [-0.1, -0.05) is 34.1 Å². The standard InChI is InChI=1S/C16H13BrN2O2S/c17-11-5-3-10(4-6-11)14(20)8-12(13(9-18)16(19)21)15-2-1-7-22-15/h1-7,12-13H,8H2,(H2,19,21). The summed E-state index contributed by atoms with van der Waals surface area (Å²) in [4.78, 5) is 24.8. The van der Waals surface area contributed by atoms with Crippen LogP contribution in [0.4, 0.5) is 0 Å². The fourth-order valence-corrected chi connectivity index (χ4v) is 3.32. The lowest BCUT2D eigenvalue weighted by Gasteiger charge is -2.17. The third-order valence-electron chi connectivity index (χ3n) is 3.33. The van der Waals surface area contributed by atoms with Gasteiger partial charge >= 0.3 is 0 Å². The fraction of sp³-hybridized carbons (Fsp3) is 0.188. The molecule has 0 saturated heterocycles. The molecule has 2 N–H and O–H groups in total. The minimum Gasteiger partial charge on any atom is -0.369 e. The largest absolute Gasteiger partial charge is 0.369 e. The number of ketones is 1. The van der Waals surface area contributed by atoms with Crippen molar-refractivity contribution in [2.75, 3.05) is 0 Å². The molecule has 0 saturated carbocycles. The van der Waals surface area contributed by atoms with Crippen molar-refractivity contribution in [2.24, 2.45) is 11.7 Å². The van der Waals surface area contributed by atoms with E-state index in [2.05, 4.69) is 15.9 Å².